The molecule has 0 amide bonds. The van der Waals surface area contributed by atoms with Gasteiger partial charge in [0.15, 0.2) is 23.6 Å². The first kappa shape index (κ1) is 26.9. The number of ether oxygens (including phenoxy) is 2. The summed E-state index contributed by atoms with van der Waals surface area (Å²) in [6.45, 7) is 1.44. The standard InChI is InChI=1S/C27H21ClF3N3O4/c1-15(24(35)20(13-32)25(36)23-11-6-16-4-2-3-5-22(16)34-23)37-18-7-9-19(10-8-18)38-26-21(28)12-17(14-33-26)27(29,30)31/h2-5,7-10,12,14-15,20,23,34H,6,11H2,1H3. The summed E-state index contributed by atoms with van der Waals surface area (Å²) in [5.41, 5.74) is 0.869. The van der Waals surface area contributed by atoms with Crippen LogP contribution in [0.4, 0.5) is 18.9 Å². The van der Waals surface area contributed by atoms with Crippen LogP contribution in [-0.4, -0.2) is 28.7 Å². The zero-order chi connectivity index (χ0) is 27.4. The summed E-state index contributed by atoms with van der Waals surface area (Å²) in [5, 5.41) is 12.4. The second-order valence-corrected chi connectivity index (χ2v) is 9.01. The Hall–Kier alpha value is -4.10. The van der Waals surface area contributed by atoms with Crippen molar-refractivity contribution in [1.29, 1.82) is 5.26 Å². The van der Waals surface area contributed by atoms with Crippen LogP contribution in [0.2, 0.25) is 5.02 Å². The third-order valence-corrected chi connectivity index (χ3v) is 6.25. The summed E-state index contributed by atoms with van der Waals surface area (Å²) in [5.74, 6) is -2.43. The molecule has 3 unspecified atom stereocenters. The van der Waals surface area contributed by atoms with E-state index in [9.17, 15) is 28.0 Å². The Balaban J connectivity index is 1.37. The van der Waals surface area contributed by atoms with Crippen LogP contribution in [0.3, 0.4) is 0 Å². The average Bonchev–Trinajstić information content (AvgIpc) is 2.90. The van der Waals surface area contributed by atoms with E-state index in [0.29, 0.717) is 25.1 Å². The third-order valence-electron chi connectivity index (χ3n) is 5.98. The fourth-order valence-electron chi connectivity index (χ4n) is 3.97. The molecule has 7 nitrogen and oxygen atoms in total. The molecule has 196 valence electrons. The predicted octanol–water partition coefficient (Wildman–Crippen LogP) is 6.02. The molecule has 1 aliphatic rings. The van der Waals surface area contributed by atoms with Gasteiger partial charge in [0.2, 0.25) is 5.88 Å². The van der Waals surface area contributed by atoms with Gasteiger partial charge in [0.1, 0.15) is 16.5 Å². The van der Waals surface area contributed by atoms with Gasteiger partial charge in [-0.25, -0.2) is 4.98 Å². The van der Waals surface area contributed by atoms with Crippen LogP contribution < -0.4 is 14.8 Å². The first-order valence-electron chi connectivity index (χ1n) is 11.6. The van der Waals surface area contributed by atoms with Gasteiger partial charge in [0.25, 0.3) is 0 Å². The number of carbonyl (C=O) groups is 2. The zero-order valence-electron chi connectivity index (χ0n) is 20.0. The van der Waals surface area contributed by atoms with Gasteiger partial charge in [0, 0.05) is 11.9 Å². The van der Waals surface area contributed by atoms with Gasteiger partial charge >= 0.3 is 6.18 Å². The monoisotopic (exact) mass is 543 g/mol. The maximum Gasteiger partial charge on any atom is 0.417 e. The molecule has 3 aromatic rings. The lowest BCUT2D eigenvalue weighted by Crippen LogP contribution is -2.43. The second kappa shape index (κ2) is 11.1. The van der Waals surface area contributed by atoms with E-state index in [-0.39, 0.29) is 22.4 Å². The van der Waals surface area contributed by atoms with Crippen LogP contribution in [0, 0.1) is 17.2 Å². The molecule has 0 saturated carbocycles. The molecule has 0 radical (unpaired) electrons. The summed E-state index contributed by atoms with van der Waals surface area (Å²) in [6, 6.07) is 15.2. The number of anilines is 1. The molecule has 1 N–H and O–H groups in total. The smallest absolute Gasteiger partial charge is 0.417 e. The van der Waals surface area contributed by atoms with Gasteiger partial charge < -0.3 is 14.8 Å². The van der Waals surface area contributed by atoms with Crippen molar-refractivity contribution < 1.29 is 32.2 Å². The topological polar surface area (TPSA) is 101 Å². The number of aromatic nitrogens is 1. The van der Waals surface area contributed by atoms with Crippen LogP contribution in [0.5, 0.6) is 17.4 Å². The summed E-state index contributed by atoms with van der Waals surface area (Å²) >= 11 is 5.86. The highest BCUT2D eigenvalue weighted by Gasteiger charge is 2.37. The van der Waals surface area contributed by atoms with Crippen LogP contribution in [0.15, 0.2) is 60.8 Å². The maximum atomic E-state index is 13.0. The minimum Gasteiger partial charge on any atom is -0.483 e. The molecule has 0 spiro atoms. The van der Waals surface area contributed by atoms with Crippen molar-refractivity contribution in [2.75, 3.05) is 5.32 Å². The molecule has 2 heterocycles. The summed E-state index contributed by atoms with van der Waals surface area (Å²) in [6.07, 6.45) is -3.96. The fraction of sp³-hybridized carbons (Fsp3) is 0.259. The number of halogens is 4. The zero-order valence-corrected chi connectivity index (χ0v) is 20.7. The Bertz CT molecular complexity index is 1390. The lowest BCUT2D eigenvalue weighted by atomic mass is 9.87. The number of nitrogens with zero attached hydrogens (tertiary/aromatic N) is 2. The van der Waals surface area contributed by atoms with Gasteiger partial charge in [-0.15, -0.1) is 0 Å². The maximum absolute atomic E-state index is 13.0. The SMILES string of the molecule is CC(Oc1ccc(Oc2ncc(C(F)(F)F)cc2Cl)cc1)C(=O)C(C#N)C(=O)C1CCc2ccccc2N1. The number of carbonyl (C=O) groups excluding carboxylic acids is 2. The Morgan fingerprint density at radius 3 is 2.50 bits per heavy atom. The Morgan fingerprint density at radius 2 is 1.84 bits per heavy atom. The third kappa shape index (κ3) is 6.06. The van der Waals surface area contributed by atoms with Gasteiger partial charge in [-0.3, -0.25) is 9.59 Å². The number of Topliss-reactive ketones (excluding diaryl/α,β-unsaturated/α-hetero) is 2. The first-order chi connectivity index (χ1) is 18.1. The van der Waals surface area contributed by atoms with Gasteiger partial charge in [-0.1, -0.05) is 29.8 Å². The minimum atomic E-state index is -4.59. The molecular formula is C27H21ClF3N3O4. The normalized spacial score (nSPS) is 16.3. The Kier molecular flexibility index (Phi) is 7.88. The largest absolute Gasteiger partial charge is 0.483 e. The predicted molar refractivity (Wildman–Crippen MR) is 132 cm³/mol. The number of aryl methyl sites for hydroxylation is 1. The number of para-hydroxylation sites is 1. The number of hydrogen-bond acceptors (Lipinski definition) is 7. The van der Waals surface area contributed by atoms with Crippen molar-refractivity contribution in [3.8, 4) is 23.4 Å². The molecule has 3 atom stereocenters. The number of pyridine rings is 1. The highest BCUT2D eigenvalue weighted by atomic mass is 35.5. The van der Waals surface area contributed by atoms with Crippen LogP contribution in [0.25, 0.3) is 0 Å². The number of hydrogen-bond donors (Lipinski definition) is 1. The minimum absolute atomic E-state index is 0.208. The summed E-state index contributed by atoms with van der Waals surface area (Å²) in [4.78, 5) is 29.5. The van der Waals surface area contributed by atoms with Gasteiger partial charge in [-0.05, 0) is 61.7 Å². The number of nitrogens with one attached hydrogen (secondary N) is 1. The van der Waals surface area contributed by atoms with E-state index in [0.717, 1.165) is 11.3 Å². The number of nitriles is 1. The van der Waals surface area contributed by atoms with E-state index >= 15 is 0 Å². The second-order valence-electron chi connectivity index (χ2n) is 8.60. The molecule has 1 aromatic heterocycles. The van der Waals surface area contributed by atoms with Crippen molar-refractivity contribution in [3.63, 3.8) is 0 Å². The average molecular weight is 544 g/mol. The Morgan fingerprint density at radius 1 is 1.16 bits per heavy atom. The van der Waals surface area contributed by atoms with E-state index in [2.05, 4.69) is 10.3 Å². The Labute approximate surface area is 221 Å². The van der Waals surface area contributed by atoms with E-state index in [1.807, 2.05) is 30.3 Å². The molecular weight excluding hydrogens is 523 g/mol. The molecule has 0 fully saturated rings. The molecule has 0 bridgehead atoms. The van der Waals surface area contributed by atoms with Crippen molar-refractivity contribution in [2.24, 2.45) is 5.92 Å². The molecule has 0 aliphatic carbocycles. The molecule has 11 heteroatoms. The number of benzene rings is 2. The molecule has 2 aromatic carbocycles. The van der Waals surface area contributed by atoms with Crippen LogP contribution in [0.1, 0.15) is 24.5 Å². The van der Waals surface area contributed by atoms with Crippen LogP contribution in [-0.2, 0) is 22.2 Å². The summed E-state index contributed by atoms with van der Waals surface area (Å²) in [7, 11) is 0. The van der Waals surface area contributed by atoms with Gasteiger partial charge in [0.05, 0.1) is 17.7 Å². The highest BCUT2D eigenvalue weighted by Crippen LogP contribution is 2.35. The van der Waals surface area contributed by atoms with E-state index in [1.54, 1.807) is 0 Å². The quantitative estimate of drug-likeness (QED) is 0.347. The summed E-state index contributed by atoms with van der Waals surface area (Å²) < 4.78 is 49.4. The van der Waals surface area contributed by atoms with E-state index < -0.39 is 41.4 Å². The molecule has 1 aliphatic heterocycles. The van der Waals surface area contributed by atoms with Gasteiger partial charge in [-0.2, -0.15) is 18.4 Å². The molecule has 0 saturated heterocycles. The van der Waals surface area contributed by atoms with E-state index in [4.69, 9.17) is 21.1 Å². The number of ketones is 2. The van der Waals surface area contributed by atoms with Crippen molar-refractivity contribution in [3.05, 3.63) is 76.9 Å². The lowest BCUT2D eigenvalue weighted by Gasteiger charge is -2.27. The number of alkyl halides is 3. The van der Waals surface area contributed by atoms with Crippen molar-refractivity contribution >= 4 is 28.9 Å². The number of rotatable bonds is 8. The van der Waals surface area contributed by atoms with Crippen LogP contribution >= 0.6 is 11.6 Å². The highest BCUT2D eigenvalue weighted by molar-refractivity contribution is 6.31. The fourth-order valence-corrected chi connectivity index (χ4v) is 4.18. The first-order valence-corrected chi connectivity index (χ1v) is 11.9. The number of fused-ring (bicyclic) bond motifs is 1. The van der Waals surface area contributed by atoms with Crippen molar-refractivity contribution in [2.45, 2.75) is 38.1 Å². The van der Waals surface area contributed by atoms with Crippen molar-refractivity contribution in [1.82, 2.24) is 4.98 Å². The molecule has 38 heavy (non-hydrogen) atoms. The van der Waals surface area contributed by atoms with E-state index in [1.165, 1.54) is 31.2 Å². The lowest BCUT2D eigenvalue weighted by molar-refractivity contribution is -0.138. The molecule has 4 rings (SSSR count).